The van der Waals surface area contributed by atoms with E-state index in [1.807, 2.05) is 11.9 Å². The maximum atomic E-state index is 12.7. The van der Waals surface area contributed by atoms with Gasteiger partial charge in [-0.1, -0.05) is 12.7 Å². The number of rotatable bonds is 8. The summed E-state index contributed by atoms with van der Waals surface area (Å²) < 4.78 is 10.9. The molecule has 1 N–H and O–H groups in total. The van der Waals surface area contributed by atoms with E-state index >= 15 is 0 Å². The van der Waals surface area contributed by atoms with Crippen molar-refractivity contribution < 1.29 is 14.3 Å². The first-order chi connectivity index (χ1) is 11.7. The highest BCUT2D eigenvalue weighted by atomic mass is 35.5. The van der Waals surface area contributed by atoms with Crippen LogP contribution < -0.4 is 14.8 Å². The van der Waals surface area contributed by atoms with Crippen molar-refractivity contribution in [1.82, 2.24) is 10.2 Å². The van der Waals surface area contributed by atoms with Gasteiger partial charge in [0.1, 0.15) is 6.61 Å². The van der Waals surface area contributed by atoms with Crippen molar-refractivity contribution >= 4 is 18.3 Å². The van der Waals surface area contributed by atoms with Crippen LogP contribution in [-0.2, 0) is 0 Å². The first-order valence-electron chi connectivity index (χ1n) is 8.55. The molecule has 1 aliphatic rings. The van der Waals surface area contributed by atoms with Gasteiger partial charge >= 0.3 is 0 Å². The number of amides is 1. The predicted octanol–water partition coefficient (Wildman–Crippen LogP) is 3.14. The number of hydrogen-bond donors (Lipinski definition) is 1. The predicted molar refractivity (Wildman–Crippen MR) is 103 cm³/mol. The van der Waals surface area contributed by atoms with Gasteiger partial charge in [-0.05, 0) is 57.0 Å². The molecule has 1 amide bonds. The summed E-state index contributed by atoms with van der Waals surface area (Å²) in [4.78, 5) is 14.7. The van der Waals surface area contributed by atoms with Crippen LogP contribution in [0.3, 0.4) is 0 Å². The van der Waals surface area contributed by atoms with Crippen LogP contribution >= 0.6 is 12.4 Å². The Morgan fingerprint density at radius 2 is 2.08 bits per heavy atom. The van der Waals surface area contributed by atoms with Gasteiger partial charge in [0.2, 0.25) is 0 Å². The number of likely N-dealkylation sites (tertiary alicyclic amines) is 1. The van der Waals surface area contributed by atoms with Gasteiger partial charge in [0.05, 0.1) is 7.11 Å². The number of piperidine rings is 1. The highest BCUT2D eigenvalue weighted by Crippen LogP contribution is 2.29. The molecule has 2 rings (SSSR count). The van der Waals surface area contributed by atoms with Crippen molar-refractivity contribution in [3.05, 3.63) is 36.4 Å². The van der Waals surface area contributed by atoms with Gasteiger partial charge in [-0.15, -0.1) is 12.4 Å². The lowest BCUT2D eigenvalue weighted by Gasteiger charge is -2.32. The summed E-state index contributed by atoms with van der Waals surface area (Å²) in [5.41, 5.74) is 0.645. The Morgan fingerprint density at radius 1 is 1.36 bits per heavy atom. The van der Waals surface area contributed by atoms with Crippen LogP contribution in [-0.4, -0.2) is 51.2 Å². The minimum absolute atomic E-state index is 0. The van der Waals surface area contributed by atoms with Crippen molar-refractivity contribution in [1.29, 1.82) is 0 Å². The molecular weight excluding hydrogens is 340 g/mol. The minimum atomic E-state index is 0. The largest absolute Gasteiger partial charge is 0.493 e. The number of nitrogens with zero attached hydrogens (tertiary/aromatic N) is 1. The van der Waals surface area contributed by atoms with E-state index in [0.717, 1.165) is 32.5 Å². The lowest BCUT2D eigenvalue weighted by molar-refractivity contribution is 0.0686. The van der Waals surface area contributed by atoms with E-state index in [1.165, 1.54) is 6.42 Å². The molecule has 1 fully saturated rings. The molecule has 0 aromatic heterocycles. The average Bonchev–Trinajstić information content (AvgIpc) is 2.64. The van der Waals surface area contributed by atoms with Crippen molar-refractivity contribution in [2.45, 2.75) is 19.3 Å². The lowest BCUT2D eigenvalue weighted by atomic mass is 9.93. The van der Waals surface area contributed by atoms with Gasteiger partial charge < -0.3 is 19.7 Å². The van der Waals surface area contributed by atoms with Crippen LogP contribution in [0.4, 0.5) is 0 Å². The molecule has 1 aliphatic heterocycles. The second kappa shape index (κ2) is 11.0. The second-order valence-corrected chi connectivity index (χ2v) is 6.09. The fourth-order valence-corrected chi connectivity index (χ4v) is 3.02. The molecule has 140 valence electrons. The topological polar surface area (TPSA) is 50.8 Å². The Balaban J connectivity index is 0.00000312. The molecule has 0 unspecified atom stereocenters. The van der Waals surface area contributed by atoms with E-state index in [-0.39, 0.29) is 18.3 Å². The fourth-order valence-electron chi connectivity index (χ4n) is 3.02. The molecule has 0 atom stereocenters. The van der Waals surface area contributed by atoms with Crippen molar-refractivity contribution in [2.75, 3.05) is 40.4 Å². The molecule has 0 saturated carbocycles. The number of methoxy groups -OCH3 is 1. The molecule has 1 aromatic carbocycles. The molecule has 5 nitrogen and oxygen atoms in total. The Labute approximate surface area is 156 Å². The smallest absolute Gasteiger partial charge is 0.253 e. The Hall–Kier alpha value is -1.72. The van der Waals surface area contributed by atoms with Gasteiger partial charge in [0.15, 0.2) is 11.5 Å². The third-order valence-corrected chi connectivity index (χ3v) is 4.47. The zero-order valence-electron chi connectivity index (χ0n) is 15.1. The molecular formula is C19H29ClN2O3. The Morgan fingerprint density at radius 3 is 2.68 bits per heavy atom. The van der Waals surface area contributed by atoms with E-state index < -0.39 is 0 Å². The maximum absolute atomic E-state index is 12.7. The average molecular weight is 369 g/mol. The summed E-state index contributed by atoms with van der Waals surface area (Å²) in [6.45, 7) is 6.73. The monoisotopic (exact) mass is 368 g/mol. The van der Waals surface area contributed by atoms with Crippen molar-refractivity contribution in [2.24, 2.45) is 5.92 Å². The van der Waals surface area contributed by atoms with Gasteiger partial charge in [-0.25, -0.2) is 0 Å². The van der Waals surface area contributed by atoms with Crippen molar-refractivity contribution in [3.63, 3.8) is 0 Å². The molecule has 6 heteroatoms. The van der Waals surface area contributed by atoms with Crippen LogP contribution in [0.5, 0.6) is 11.5 Å². The summed E-state index contributed by atoms with van der Waals surface area (Å²) in [7, 11) is 3.56. The first-order valence-corrected chi connectivity index (χ1v) is 8.55. The Bertz CT molecular complexity index is 558. The van der Waals surface area contributed by atoms with E-state index in [4.69, 9.17) is 9.47 Å². The van der Waals surface area contributed by atoms with Crippen molar-refractivity contribution in [3.8, 4) is 11.5 Å². The van der Waals surface area contributed by atoms with Gasteiger partial charge in [0, 0.05) is 18.7 Å². The van der Waals surface area contributed by atoms with E-state index in [0.29, 0.717) is 29.6 Å². The van der Waals surface area contributed by atoms with Crippen LogP contribution in [0.2, 0.25) is 0 Å². The number of benzene rings is 1. The highest BCUT2D eigenvalue weighted by molar-refractivity contribution is 5.95. The second-order valence-electron chi connectivity index (χ2n) is 6.09. The summed E-state index contributed by atoms with van der Waals surface area (Å²) in [6, 6.07) is 5.35. The van der Waals surface area contributed by atoms with Gasteiger partial charge in [0.25, 0.3) is 5.91 Å². The Kier molecular flexibility index (Phi) is 9.39. The summed E-state index contributed by atoms with van der Waals surface area (Å²) in [5, 5.41) is 3.19. The number of carbonyl (C=O) groups is 1. The van der Waals surface area contributed by atoms with Crippen LogP contribution in [0.25, 0.3) is 0 Å². The fraction of sp³-hybridized carbons (Fsp3) is 0.526. The van der Waals surface area contributed by atoms with Crippen LogP contribution in [0.1, 0.15) is 29.6 Å². The molecule has 0 aliphatic carbocycles. The SMILES string of the molecule is C=CCOc1ccc(C(=O)N2CCC(CCNC)CC2)cc1OC.Cl. The first kappa shape index (κ1) is 21.3. The number of nitrogens with one attached hydrogen (secondary N) is 1. The molecule has 0 spiro atoms. The van der Waals surface area contributed by atoms with Crippen LogP contribution in [0.15, 0.2) is 30.9 Å². The third-order valence-electron chi connectivity index (χ3n) is 4.47. The molecule has 0 bridgehead atoms. The van der Waals surface area contributed by atoms with E-state index in [9.17, 15) is 4.79 Å². The zero-order valence-corrected chi connectivity index (χ0v) is 15.9. The summed E-state index contributed by atoms with van der Waals surface area (Å²) in [5.74, 6) is 1.98. The third kappa shape index (κ3) is 5.94. The number of ether oxygens (including phenoxy) is 2. The number of carbonyl (C=O) groups excluding carboxylic acids is 1. The van der Waals surface area contributed by atoms with Gasteiger partial charge in [-0.3, -0.25) is 4.79 Å². The molecule has 25 heavy (non-hydrogen) atoms. The molecule has 1 aromatic rings. The van der Waals surface area contributed by atoms with Gasteiger partial charge in [-0.2, -0.15) is 0 Å². The van der Waals surface area contributed by atoms with E-state index in [2.05, 4.69) is 11.9 Å². The summed E-state index contributed by atoms with van der Waals surface area (Å²) >= 11 is 0. The number of halogens is 1. The highest BCUT2D eigenvalue weighted by Gasteiger charge is 2.24. The lowest BCUT2D eigenvalue weighted by Crippen LogP contribution is -2.39. The summed E-state index contributed by atoms with van der Waals surface area (Å²) in [6.07, 6.45) is 5.01. The quantitative estimate of drug-likeness (QED) is 0.716. The zero-order chi connectivity index (χ0) is 17.4. The number of hydrogen-bond acceptors (Lipinski definition) is 4. The van der Waals surface area contributed by atoms with E-state index in [1.54, 1.807) is 31.4 Å². The maximum Gasteiger partial charge on any atom is 0.253 e. The van der Waals surface area contributed by atoms with Crippen LogP contribution in [0, 0.1) is 5.92 Å². The minimum Gasteiger partial charge on any atom is -0.493 e. The standard InChI is InChI=1S/C19H28N2O3.ClH/c1-4-13-24-17-6-5-16(14-18(17)23-3)19(22)21-11-8-15(9-12-21)7-10-20-2;/h4-6,14-15,20H,1,7-13H2,2-3H3;1H. The molecule has 0 radical (unpaired) electrons. The molecule has 1 saturated heterocycles. The molecule has 1 heterocycles. The normalized spacial score (nSPS) is 14.6.